The SMILES string of the molecule is NC(=S)c1c2c(nc3cc(Cl)cc(Cl)c13)CCC2. The van der Waals surface area contributed by atoms with Gasteiger partial charge in [-0.25, -0.2) is 0 Å². The highest BCUT2D eigenvalue weighted by Gasteiger charge is 2.22. The third kappa shape index (κ3) is 1.78. The standard InChI is InChI=1S/C13H10Cl2N2S/c14-6-4-8(15)12-10(5-6)17-9-3-1-2-7(9)11(12)13(16)18/h4-5H,1-3H2,(H2,16,18). The summed E-state index contributed by atoms with van der Waals surface area (Å²) in [4.78, 5) is 5.02. The molecule has 92 valence electrons. The summed E-state index contributed by atoms with van der Waals surface area (Å²) in [6.07, 6.45) is 3.01. The molecule has 1 aromatic heterocycles. The van der Waals surface area contributed by atoms with Crippen molar-refractivity contribution in [2.24, 2.45) is 5.73 Å². The van der Waals surface area contributed by atoms with Gasteiger partial charge in [-0.15, -0.1) is 0 Å². The normalized spacial score (nSPS) is 13.9. The van der Waals surface area contributed by atoms with Gasteiger partial charge in [-0.1, -0.05) is 35.4 Å². The maximum atomic E-state index is 6.27. The summed E-state index contributed by atoms with van der Waals surface area (Å²) in [6.45, 7) is 0. The minimum atomic E-state index is 0.379. The molecule has 1 aliphatic carbocycles. The van der Waals surface area contributed by atoms with Crippen LogP contribution in [0.3, 0.4) is 0 Å². The Labute approximate surface area is 120 Å². The zero-order valence-corrected chi connectivity index (χ0v) is 11.8. The predicted molar refractivity (Wildman–Crippen MR) is 79.7 cm³/mol. The molecule has 1 aliphatic rings. The highest BCUT2D eigenvalue weighted by Crippen LogP contribution is 2.35. The number of aromatic nitrogens is 1. The van der Waals surface area contributed by atoms with E-state index in [1.54, 1.807) is 6.07 Å². The van der Waals surface area contributed by atoms with Crippen molar-refractivity contribution in [2.45, 2.75) is 19.3 Å². The Kier molecular flexibility index (Phi) is 2.93. The highest BCUT2D eigenvalue weighted by atomic mass is 35.5. The molecule has 0 bridgehead atoms. The number of nitrogens with zero attached hydrogens (tertiary/aromatic N) is 1. The highest BCUT2D eigenvalue weighted by molar-refractivity contribution is 7.80. The van der Waals surface area contributed by atoms with Crippen LogP contribution in [-0.2, 0) is 12.8 Å². The molecule has 18 heavy (non-hydrogen) atoms. The number of pyridine rings is 1. The van der Waals surface area contributed by atoms with Crippen molar-refractivity contribution in [1.82, 2.24) is 4.98 Å². The van der Waals surface area contributed by atoms with Gasteiger partial charge in [-0.3, -0.25) is 4.98 Å². The Morgan fingerprint density at radius 2 is 2.06 bits per heavy atom. The number of aryl methyl sites for hydroxylation is 1. The number of benzene rings is 1. The summed E-state index contributed by atoms with van der Waals surface area (Å²) < 4.78 is 0. The second kappa shape index (κ2) is 4.34. The molecule has 2 aromatic rings. The van der Waals surface area contributed by atoms with E-state index in [0.29, 0.717) is 15.0 Å². The minimum Gasteiger partial charge on any atom is -0.389 e. The van der Waals surface area contributed by atoms with E-state index < -0.39 is 0 Å². The largest absolute Gasteiger partial charge is 0.389 e. The molecule has 0 spiro atoms. The molecule has 0 atom stereocenters. The van der Waals surface area contributed by atoms with E-state index >= 15 is 0 Å². The van der Waals surface area contributed by atoms with Crippen molar-refractivity contribution < 1.29 is 0 Å². The number of thiocarbonyl (C=S) groups is 1. The maximum Gasteiger partial charge on any atom is 0.105 e. The molecule has 0 radical (unpaired) electrons. The molecule has 0 saturated heterocycles. The summed E-state index contributed by atoms with van der Waals surface area (Å²) in [5.74, 6) is 0. The van der Waals surface area contributed by atoms with Crippen LogP contribution >= 0.6 is 35.4 Å². The molecule has 5 heteroatoms. The number of nitrogens with two attached hydrogens (primary N) is 1. The van der Waals surface area contributed by atoms with Crippen molar-refractivity contribution in [1.29, 1.82) is 0 Å². The quantitative estimate of drug-likeness (QED) is 0.816. The number of hydrogen-bond donors (Lipinski definition) is 1. The van der Waals surface area contributed by atoms with E-state index in [9.17, 15) is 0 Å². The fraction of sp³-hybridized carbons (Fsp3) is 0.231. The number of halogens is 2. The molecular weight excluding hydrogens is 287 g/mol. The van der Waals surface area contributed by atoms with Crippen LogP contribution in [0.15, 0.2) is 12.1 Å². The minimum absolute atomic E-state index is 0.379. The Morgan fingerprint density at radius 3 is 2.78 bits per heavy atom. The Bertz CT molecular complexity index is 682. The molecular formula is C13H10Cl2N2S. The lowest BCUT2D eigenvalue weighted by atomic mass is 10.0. The molecule has 0 unspecified atom stereocenters. The van der Waals surface area contributed by atoms with E-state index in [2.05, 4.69) is 4.98 Å². The molecule has 0 fully saturated rings. The van der Waals surface area contributed by atoms with Crippen LogP contribution in [0.25, 0.3) is 10.9 Å². The van der Waals surface area contributed by atoms with Crippen LogP contribution in [0.2, 0.25) is 10.0 Å². The van der Waals surface area contributed by atoms with Crippen molar-refractivity contribution in [3.63, 3.8) is 0 Å². The Balaban J connectivity index is 2.50. The second-order valence-electron chi connectivity index (χ2n) is 4.41. The van der Waals surface area contributed by atoms with Crippen LogP contribution in [0.5, 0.6) is 0 Å². The maximum absolute atomic E-state index is 6.27. The average Bonchev–Trinajstić information content (AvgIpc) is 2.72. The third-order valence-electron chi connectivity index (χ3n) is 3.28. The van der Waals surface area contributed by atoms with E-state index in [-0.39, 0.29) is 0 Å². The molecule has 0 aliphatic heterocycles. The lowest BCUT2D eigenvalue weighted by Gasteiger charge is -2.12. The first-order valence-electron chi connectivity index (χ1n) is 5.68. The number of hydrogen-bond acceptors (Lipinski definition) is 2. The summed E-state index contributed by atoms with van der Waals surface area (Å²) in [5.41, 5.74) is 9.75. The molecule has 0 saturated carbocycles. The second-order valence-corrected chi connectivity index (χ2v) is 5.70. The van der Waals surface area contributed by atoms with Crippen molar-refractivity contribution in [3.05, 3.63) is 39.0 Å². The van der Waals surface area contributed by atoms with Gasteiger partial charge in [0, 0.05) is 21.7 Å². The van der Waals surface area contributed by atoms with E-state index in [1.807, 2.05) is 6.07 Å². The van der Waals surface area contributed by atoms with Crippen molar-refractivity contribution in [3.8, 4) is 0 Å². The zero-order chi connectivity index (χ0) is 12.9. The van der Waals surface area contributed by atoms with Crippen LogP contribution in [0.1, 0.15) is 23.2 Å². The predicted octanol–water partition coefficient (Wildman–Crippen LogP) is 3.66. The zero-order valence-electron chi connectivity index (χ0n) is 9.46. The molecule has 0 amide bonds. The van der Waals surface area contributed by atoms with Gasteiger partial charge in [0.05, 0.1) is 10.5 Å². The van der Waals surface area contributed by atoms with Gasteiger partial charge >= 0.3 is 0 Å². The van der Waals surface area contributed by atoms with Gasteiger partial charge in [0.1, 0.15) is 4.99 Å². The molecule has 1 heterocycles. The molecule has 2 N–H and O–H groups in total. The summed E-state index contributed by atoms with van der Waals surface area (Å²) in [7, 11) is 0. The first-order chi connectivity index (χ1) is 8.58. The lowest BCUT2D eigenvalue weighted by molar-refractivity contribution is 0.901. The van der Waals surface area contributed by atoms with Crippen molar-refractivity contribution >= 4 is 51.3 Å². The van der Waals surface area contributed by atoms with E-state index in [4.69, 9.17) is 41.2 Å². The topological polar surface area (TPSA) is 38.9 Å². The van der Waals surface area contributed by atoms with Gasteiger partial charge in [0.2, 0.25) is 0 Å². The van der Waals surface area contributed by atoms with Crippen LogP contribution in [0.4, 0.5) is 0 Å². The summed E-state index contributed by atoms with van der Waals surface area (Å²) >= 11 is 17.5. The van der Waals surface area contributed by atoms with E-state index in [1.165, 1.54) is 0 Å². The average molecular weight is 297 g/mol. The van der Waals surface area contributed by atoms with Crippen LogP contribution in [0, 0.1) is 0 Å². The lowest BCUT2D eigenvalue weighted by Crippen LogP contribution is -2.14. The monoisotopic (exact) mass is 296 g/mol. The van der Waals surface area contributed by atoms with Crippen LogP contribution < -0.4 is 5.73 Å². The van der Waals surface area contributed by atoms with Gasteiger partial charge in [0.25, 0.3) is 0 Å². The van der Waals surface area contributed by atoms with Gasteiger partial charge in [0.15, 0.2) is 0 Å². The molecule has 1 aromatic carbocycles. The summed E-state index contributed by atoms with van der Waals surface area (Å²) in [5, 5.41) is 1.96. The van der Waals surface area contributed by atoms with E-state index in [0.717, 1.165) is 47.0 Å². The number of fused-ring (bicyclic) bond motifs is 2. The van der Waals surface area contributed by atoms with Gasteiger partial charge < -0.3 is 5.73 Å². The van der Waals surface area contributed by atoms with Gasteiger partial charge in [-0.2, -0.15) is 0 Å². The first-order valence-corrected chi connectivity index (χ1v) is 6.84. The molecule has 2 nitrogen and oxygen atoms in total. The third-order valence-corrected chi connectivity index (χ3v) is 4.00. The van der Waals surface area contributed by atoms with Gasteiger partial charge in [-0.05, 0) is 37.0 Å². The number of rotatable bonds is 1. The smallest absolute Gasteiger partial charge is 0.105 e. The molecule has 3 rings (SSSR count). The fourth-order valence-corrected chi connectivity index (χ4v) is 3.39. The van der Waals surface area contributed by atoms with Crippen molar-refractivity contribution in [2.75, 3.05) is 0 Å². The fourth-order valence-electron chi connectivity index (χ4n) is 2.58. The first kappa shape index (κ1) is 12.2. The Morgan fingerprint density at radius 1 is 1.28 bits per heavy atom. The summed E-state index contributed by atoms with van der Waals surface area (Å²) in [6, 6.07) is 3.51. The Hall–Kier alpha value is -0.900. The van der Waals surface area contributed by atoms with Crippen LogP contribution in [-0.4, -0.2) is 9.97 Å².